The molecule has 0 aromatic carbocycles. The van der Waals surface area contributed by atoms with Gasteiger partial charge in [0.05, 0.1) is 18.4 Å². The average molecular weight is 351 g/mol. The summed E-state index contributed by atoms with van der Waals surface area (Å²) < 4.78 is 10.3. The molecule has 2 amide bonds. The molecule has 0 unspecified atom stereocenters. The van der Waals surface area contributed by atoms with Gasteiger partial charge in [0, 0.05) is 52.8 Å². The van der Waals surface area contributed by atoms with E-state index in [9.17, 15) is 9.59 Å². The van der Waals surface area contributed by atoms with E-state index in [-0.39, 0.29) is 11.8 Å². The molecule has 1 aliphatic heterocycles. The van der Waals surface area contributed by atoms with Crippen molar-refractivity contribution in [3.63, 3.8) is 0 Å². The molecule has 25 heavy (non-hydrogen) atoms. The molecule has 0 spiro atoms. The molecule has 1 aromatic heterocycles. The second kappa shape index (κ2) is 9.58. The van der Waals surface area contributed by atoms with Crippen LogP contribution in [0.4, 0.5) is 0 Å². The third kappa shape index (κ3) is 5.31. The maximum Gasteiger partial charge on any atom is 0.257 e. The number of nitrogens with zero attached hydrogens (tertiary/aromatic N) is 3. The van der Waals surface area contributed by atoms with Crippen LogP contribution in [0.25, 0.3) is 0 Å². The zero-order valence-corrected chi connectivity index (χ0v) is 15.5. The van der Waals surface area contributed by atoms with E-state index < -0.39 is 0 Å². The van der Waals surface area contributed by atoms with Gasteiger partial charge in [-0.3, -0.25) is 9.59 Å². The lowest BCUT2D eigenvalue weighted by Gasteiger charge is -2.34. The number of carbonyl (C=O) groups excluding carboxylic acids is 2. The van der Waals surface area contributed by atoms with Gasteiger partial charge >= 0.3 is 0 Å². The summed E-state index contributed by atoms with van der Waals surface area (Å²) >= 11 is 0. The van der Waals surface area contributed by atoms with Crippen LogP contribution in [0.15, 0.2) is 16.7 Å². The van der Waals surface area contributed by atoms with Gasteiger partial charge in [0.1, 0.15) is 5.76 Å². The monoisotopic (exact) mass is 351 g/mol. The molecule has 140 valence electrons. The molecule has 0 bridgehead atoms. The second-order valence-electron chi connectivity index (χ2n) is 6.24. The molecule has 2 heterocycles. The minimum atomic E-state index is -0.119. The minimum absolute atomic E-state index is 0.106. The lowest BCUT2D eigenvalue weighted by molar-refractivity contribution is -0.133. The molecule has 0 radical (unpaired) electrons. The first-order valence-corrected chi connectivity index (χ1v) is 8.89. The Hall–Kier alpha value is -1.86. The molecule has 0 aliphatic carbocycles. The summed E-state index contributed by atoms with van der Waals surface area (Å²) in [5, 5.41) is 0. The van der Waals surface area contributed by atoms with Crippen molar-refractivity contribution in [1.82, 2.24) is 14.7 Å². The normalized spacial score (nSPS) is 15.4. The number of likely N-dealkylation sites (N-methyl/N-ethyl adjacent to an activating group) is 1. The van der Waals surface area contributed by atoms with Gasteiger partial charge in [0.25, 0.3) is 5.91 Å². The van der Waals surface area contributed by atoms with Crippen molar-refractivity contribution in [3.05, 3.63) is 23.7 Å². The molecule has 1 fully saturated rings. The average Bonchev–Trinajstić information content (AvgIpc) is 3.07. The van der Waals surface area contributed by atoms with E-state index in [1.54, 1.807) is 25.0 Å². The first kappa shape index (κ1) is 19.5. The van der Waals surface area contributed by atoms with Crippen LogP contribution in [0, 0.1) is 6.92 Å². The van der Waals surface area contributed by atoms with Crippen molar-refractivity contribution in [2.24, 2.45) is 0 Å². The van der Waals surface area contributed by atoms with Gasteiger partial charge in [-0.2, -0.15) is 0 Å². The van der Waals surface area contributed by atoms with Crippen molar-refractivity contribution in [1.29, 1.82) is 0 Å². The van der Waals surface area contributed by atoms with Crippen LogP contribution in [-0.4, -0.2) is 86.0 Å². The van der Waals surface area contributed by atoms with Crippen LogP contribution in [0.5, 0.6) is 0 Å². The number of hydrogen-bond acceptors (Lipinski definition) is 5. The fourth-order valence-electron chi connectivity index (χ4n) is 3.00. The lowest BCUT2D eigenvalue weighted by Crippen LogP contribution is -2.49. The summed E-state index contributed by atoms with van der Waals surface area (Å²) in [6, 6.07) is 1.67. The Labute approximate surface area is 149 Å². The molecule has 0 N–H and O–H groups in total. The van der Waals surface area contributed by atoms with Crippen molar-refractivity contribution in [2.45, 2.75) is 20.3 Å². The van der Waals surface area contributed by atoms with Gasteiger partial charge < -0.3 is 23.9 Å². The Morgan fingerprint density at radius 2 is 1.96 bits per heavy atom. The molecule has 7 heteroatoms. The van der Waals surface area contributed by atoms with Crippen molar-refractivity contribution < 1.29 is 18.7 Å². The molecule has 1 aromatic rings. The fraction of sp³-hybridized carbons (Fsp3) is 0.667. The fourth-order valence-corrected chi connectivity index (χ4v) is 3.00. The summed E-state index contributed by atoms with van der Waals surface area (Å²) in [4.78, 5) is 31.0. The van der Waals surface area contributed by atoms with Gasteiger partial charge in [-0.1, -0.05) is 6.92 Å². The standard InChI is InChI=1S/C18H29N3O4/c1-4-19-8-10-20(11-9-19)17(22)5-7-21(12-14-24-3)18(23)16-6-13-25-15(16)2/h6,13H,4-5,7-12,14H2,1-3H3. The molecule has 2 rings (SSSR count). The third-order valence-electron chi connectivity index (χ3n) is 4.71. The van der Waals surface area contributed by atoms with Crippen molar-refractivity contribution >= 4 is 11.8 Å². The van der Waals surface area contributed by atoms with Gasteiger partial charge in [-0.05, 0) is 19.5 Å². The molecule has 1 aliphatic rings. The summed E-state index contributed by atoms with van der Waals surface area (Å²) in [7, 11) is 1.60. The molecule has 0 saturated carbocycles. The Bertz CT molecular complexity index is 564. The number of rotatable bonds is 8. The first-order valence-electron chi connectivity index (χ1n) is 8.89. The second-order valence-corrected chi connectivity index (χ2v) is 6.24. The maximum absolute atomic E-state index is 12.7. The number of furan rings is 1. The van der Waals surface area contributed by atoms with Crippen molar-refractivity contribution in [2.75, 3.05) is 59.5 Å². The van der Waals surface area contributed by atoms with Gasteiger partial charge in [0.2, 0.25) is 5.91 Å². The Balaban J connectivity index is 1.90. The van der Waals surface area contributed by atoms with Crippen LogP contribution in [0.3, 0.4) is 0 Å². The Morgan fingerprint density at radius 1 is 1.24 bits per heavy atom. The zero-order valence-electron chi connectivity index (χ0n) is 15.5. The first-order chi connectivity index (χ1) is 12.1. The number of aryl methyl sites for hydroxylation is 1. The van der Waals surface area contributed by atoms with Crippen LogP contribution in [0.1, 0.15) is 29.5 Å². The summed E-state index contributed by atoms with van der Waals surface area (Å²) in [5.41, 5.74) is 0.542. The quantitative estimate of drug-likeness (QED) is 0.705. The number of amides is 2. The van der Waals surface area contributed by atoms with Gasteiger partial charge in [0.15, 0.2) is 0 Å². The van der Waals surface area contributed by atoms with E-state index in [0.29, 0.717) is 37.4 Å². The Morgan fingerprint density at radius 3 is 2.52 bits per heavy atom. The van der Waals surface area contributed by atoms with E-state index in [0.717, 1.165) is 32.7 Å². The van der Waals surface area contributed by atoms with Crippen LogP contribution >= 0.6 is 0 Å². The number of methoxy groups -OCH3 is 1. The number of ether oxygens (including phenoxy) is 1. The largest absolute Gasteiger partial charge is 0.469 e. The highest BCUT2D eigenvalue weighted by Crippen LogP contribution is 2.13. The summed E-state index contributed by atoms with van der Waals surface area (Å²) in [6.45, 7) is 9.56. The smallest absolute Gasteiger partial charge is 0.257 e. The van der Waals surface area contributed by atoms with E-state index >= 15 is 0 Å². The maximum atomic E-state index is 12.7. The highest BCUT2D eigenvalue weighted by Gasteiger charge is 2.23. The van der Waals surface area contributed by atoms with E-state index in [4.69, 9.17) is 9.15 Å². The topological polar surface area (TPSA) is 66.2 Å². The molecular weight excluding hydrogens is 322 g/mol. The van der Waals surface area contributed by atoms with Crippen LogP contribution in [-0.2, 0) is 9.53 Å². The molecule has 1 saturated heterocycles. The highest BCUT2D eigenvalue weighted by molar-refractivity contribution is 5.95. The van der Waals surface area contributed by atoms with Crippen LogP contribution in [0.2, 0.25) is 0 Å². The van der Waals surface area contributed by atoms with Crippen molar-refractivity contribution in [3.8, 4) is 0 Å². The third-order valence-corrected chi connectivity index (χ3v) is 4.71. The predicted octanol–water partition coefficient (Wildman–Crippen LogP) is 1.23. The molecule has 7 nitrogen and oxygen atoms in total. The lowest BCUT2D eigenvalue weighted by atomic mass is 10.2. The molecular formula is C18H29N3O4. The van der Waals surface area contributed by atoms with E-state index in [1.807, 2.05) is 4.90 Å². The predicted molar refractivity (Wildman–Crippen MR) is 94.5 cm³/mol. The zero-order chi connectivity index (χ0) is 18.2. The molecule has 0 atom stereocenters. The Kier molecular flexibility index (Phi) is 7.46. The van der Waals surface area contributed by atoms with Gasteiger partial charge in [-0.15, -0.1) is 0 Å². The summed E-state index contributed by atoms with van der Waals surface area (Å²) in [6.07, 6.45) is 1.84. The van der Waals surface area contributed by atoms with Gasteiger partial charge in [-0.25, -0.2) is 0 Å². The number of hydrogen-bond donors (Lipinski definition) is 0. The van der Waals surface area contributed by atoms with E-state index in [2.05, 4.69) is 11.8 Å². The van der Waals surface area contributed by atoms with Crippen LogP contribution < -0.4 is 0 Å². The summed E-state index contributed by atoms with van der Waals surface area (Å²) in [5.74, 6) is 0.580. The number of carbonyl (C=O) groups is 2. The van der Waals surface area contributed by atoms with E-state index in [1.165, 1.54) is 6.26 Å². The highest BCUT2D eigenvalue weighted by atomic mass is 16.5. The number of piperazine rings is 1. The minimum Gasteiger partial charge on any atom is -0.469 e. The SMILES string of the molecule is CCN1CCN(C(=O)CCN(CCOC)C(=O)c2ccoc2C)CC1.